The van der Waals surface area contributed by atoms with Crippen molar-refractivity contribution in [2.75, 3.05) is 19.3 Å². The third-order valence-corrected chi connectivity index (χ3v) is 4.58. The summed E-state index contributed by atoms with van der Waals surface area (Å²) >= 11 is 5.96. The predicted octanol–water partition coefficient (Wildman–Crippen LogP) is 1.26. The van der Waals surface area contributed by atoms with Crippen LogP contribution in [0.15, 0.2) is 28.1 Å². The van der Waals surface area contributed by atoms with Crippen LogP contribution in [0, 0.1) is 0 Å². The Labute approximate surface area is 118 Å². The Balaban J connectivity index is 2.12. The van der Waals surface area contributed by atoms with Crippen LogP contribution in [0.4, 0.5) is 0 Å². The van der Waals surface area contributed by atoms with Gasteiger partial charge in [-0.3, -0.25) is 0 Å². The molecule has 0 saturated carbocycles. The first-order valence-corrected chi connectivity index (χ1v) is 8.18. The van der Waals surface area contributed by atoms with E-state index in [4.69, 9.17) is 17.3 Å². The fourth-order valence-corrected chi connectivity index (χ4v) is 3.11. The highest BCUT2D eigenvalue weighted by Crippen LogP contribution is 2.23. The molecule has 2 rings (SSSR count). The number of hydrogen-bond donors (Lipinski definition) is 1. The molecule has 104 valence electrons. The third kappa shape index (κ3) is 3.39. The summed E-state index contributed by atoms with van der Waals surface area (Å²) in [7, 11) is -3.29. The summed E-state index contributed by atoms with van der Waals surface area (Å²) in [6.07, 6.45) is 2.28. The lowest BCUT2D eigenvalue weighted by molar-refractivity contribution is 0.295. The number of nitrogens with two attached hydrogens (primary N) is 1. The van der Waals surface area contributed by atoms with E-state index in [2.05, 4.69) is 4.99 Å². The number of halogens is 1. The Morgan fingerprint density at radius 2 is 2.16 bits per heavy atom. The standard InChI is InChI=1S/C12H16ClN3O2S/c1-19(17,18)11-4-3-9(7-10(11)13)8-15-12(14)16-5-2-6-16/h3-4,7H,2,5-6,8H2,1H3,(H2,14,15). The molecule has 19 heavy (non-hydrogen) atoms. The first-order valence-electron chi connectivity index (χ1n) is 5.91. The van der Waals surface area contributed by atoms with Crippen molar-refractivity contribution in [3.05, 3.63) is 28.8 Å². The molecule has 1 fully saturated rings. The normalized spacial score (nSPS) is 16.3. The highest BCUT2D eigenvalue weighted by molar-refractivity contribution is 7.90. The maximum Gasteiger partial charge on any atom is 0.191 e. The first-order chi connectivity index (χ1) is 8.88. The Kier molecular flexibility index (Phi) is 4.01. The number of benzene rings is 1. The maximum absolute atomic E-state index is 11.4. The van der Waals surface area contributed by atoms with E-state index in [1.54, 1.807) is 12.1 Å². The number of likely N-dealkylation sites (tertiary alicyclic amines) is 1. The lowest BCUT2D eigenvalue weighted by Crippen LogP contribution is -2.46. The van der Waals surface area contributed by atoms with Gasteiger partial charge in [0.05, 0.1) is 16.5 Å². The Hall–Kier alpha value is -1.27. The Morgan fingerprint density at radius 3 is 2.63 bits per heavy atom. The summed E-state index contributed by atoms with van der Waals surface area (Å²) in [6.45, 7) is 2.29. The third-order valence-electron chi connectivity index (χ3n) is 3.00. The molecule has 0 atom stereocenters. The zero-order chi connectivity index (χ0) is 14.0. The fourth-order valence-electron chi connectivity index (χ4n) is 1.76. The van der Waals surface area contributed by atoms with Gasteiger partial charge in [-0.2, -0.15) is 0 Å². The molecule has 2 N–H and O–H groups in total. The SMILES string of the molecule is CS(=O)(=O)c1ccc(CN=C(N)N2CCC2)cc1Cl. The van der Waals surface area contributed by atoms with Crippen LogP contribution in [0.1, 0.15) is 12.0 Å². The number of rotatable bonds is 3. The van der Waals surface area contributed by atoms with E-state index in [0.29, 0.717) is 12.5 Å². The summed E-state index contributed by atoms with van der Waals surface area (Å²) < 4.78 is 22.9. The number of sulfone groups is 1. The van der Waals surface area contributed by atoms with Gasteiger partial charge in [-0.1, -0.05) is 17.7 Å². The molecule has 0 aliphatic carbocycles. The lowest BCUT2D eigenvalue weighted by atomic mass is 10.2. The van der Waals surface area contributed by atoms with Gasteiger partial charge in [0, 0.05) is 19.3 Å². The minimum absolute atomic E-state index is 0.137. The molecular weight excluding hydrogens is 286 g/mol. The number of aliphatic imine (C=N–C) groups is 1. The average molecular weight is 302 g/mol. The molecule has 5 nitrogen and oxygen atoms in total. The topological polar surface area (TPSA) is 75.8 Å². The Morgan fingerprint density at radius 1 is 1.47 bits per heavy atom. The van der Waals surface area contributed by atoms with Crippen molar-refractivity contribution in [3.63, 3.8) is 0 Å². The molecule has 1 aliphatic heterocycles. The Bertz CT molecular complexity index is 609. The minimum atomic E-state index is -3.29. The van der Waals surface area contributed by atoms with E-state index in [1.165, 1.54) is 6.07 Å². The maximum atomic E-state index is 11.4. The van der Waals surface area contributed by atoms with Crippen LogP contribution in [-0.2, 0) is 16.4 Å². The van der Waals surface area contributed by atoms with Gasteiger partial charge >= 0.3 is 0 Å². The zero-order valence-electron chi connectivity index (χ0n) is 10.6. The molecule has 1 aliphatic rings. The highest BCUT2D eigenvalue weighted by atomic mass is 35.5. The van der Waals surface area contributed by atoms with Gasteiger partial charge in [0.25, 0.3) is 0 Å². The average Bonchev–Trinajstić information content (AvgIpc) is 2.22. The number of hydrogen-bond acceptors (Lipinski definition) is 3. The van der Waals surface area contributed by atoms with Crippen molar-refractivity contribution in [2.45, 2.75) is 17.9 Å². The fraction of sp³-hybridized carbons (Fsp3) is 0.417. The summed E-state index contributed by atoms with van der Waals surface area (Å²) in [5, 5.41) is 0.220. The van der Waals surface area contributed by atoms with Crippen LogP contribution in [0.3, 0.4) is 0 Å². The second-order valence-corrected chi connectivity index (χ2v) is 6.94. The van der Waals surface area contributed by atoms with Crippen molar-refractivity contribution in [3.8, 4) is 0 Å². The summed E-state index contributed by atoms with van der Waals surface area (Å²) in [6, 6.07) is 4.82. The predicted molar refractivity (Wildman–Crippen MR) is 76.1 cm³/mol. The molecule has 0 unspecified atom stereocenters. The van der Waals surface area contributed by atoms with Crippen molar-refractivity contribution in [2.24, 2.45) is 10.7 Å². The van der Waals surface area contributed by atoms with E-state index < -0.39 is 9.84 Å². The molecule has 1 aromatic rings. The highest BCUT2D eigenvalue weighted by Gasteiger charge is 2.15. The van der Waals surface area contributed by atoms with Crippen LogP contribution in [0.5, 0.6) is 0 Å². The summed E-state index contributed by atoms with van der Waals surface area (Å²) in [5.41, 5.74) is 6.65. The molecule has 0 aromatic heterocycles. The van der Waals surface area contributed by atoms with Crippen molar-refractivity contribution in [1.82, 2.24) is 4.90 Å². The number of nitrogens with zero attached hydrogens (tertiary/aromatic N) is 2. The smallest absolute Gasteiger partial charge is 0.191 e. The van der Waals surface area contributed by atoms with Crippen LogP contribution in [0.2, 0.25) is 5.02 Å². The van der Waals surface area contributed by atoms with Gasteiger partial charge in [0.1, 0.15) is 0 Å². The van der Waals surface area contributed by atoms with Gasteiger partial charge in [0.2, 0.25) is 0 Å². The van der Waals surface area contributed by atoms with E-state index in [1.807, 2.05) is 4.90 Å². The summed E-state index contributed by atoms with van der Waals surface area (Å²) in [5.74, 6) is 0.523. The van der Waals surface area contributed by atoms with Crippen molar-refractivity contribution >= 4 is 27.4 Å². The van der Waals surface area contributed by atoms with E-state index in [-0.39, 0.29) is 9.92 Å². The molecular formula is C12H16ClN3O2S. The van der Waals surface area contributed by atoms with E-state index >= 15 is 0 Å². The largest absolute Gasteiger partial charge is 0.370 e. The number of guanidine groups is 1. The minimum Gasteiger partial charge on any atom is -0.370 e. The molecule has 0 spiro atoms. The first kappa shape index (κ1) is 14.1. The molecule has 1 saturated heterocycles. The van der Waals surface area contributed by atoms with Crippen molar-refractivity contribution < 1.29 is 8.42 Å². The molecule has 0 radical (unpaired) electrons. The quantitative estimate of drug-likeness (QED) is 0.674. The molecule has 1 heterocycles. The van der Waals surface area contributed by atoms with E-state index in [0.717, 1.165) is 31.3 Å². The molecule has 1 aromatic carbocycles. The molecule has 7 heteroatoms. The second-order valence-electron chi connectivity index (χ2n) is 4.55. The van der Waals surface area contributed by atoms with Gasteiger partial charge < -0.3 is 10.6 Å². The van der Waals surface area contributed by atoms with Crippen LogP contribution in [-0.4, -0.2) is 38.6 Å². The van der Waals surface area contributed by atoms with E-state index in [9.17, 15) is 8.42 Å². The van der Waals surface area contributed by atoms with Crippen LogP contribution >= 0.6 is 11.6 Å². The molecule has 0 amide bonds. The summed E-state index contributed by atoms with van der Waals surface area (Å²) in [4.78, 5) is 6.39. The van der Waals surface area contributed by atoms with Gasteiger partial charge in [0.15, 0.2) is 15.8 Å². The van der Waals surface area contributed by atoms with Crippen LogP contribution < -0.4 is 5.73 Å². The van der Waals surface area contributed by atoms with Crippen molar-refractivity contribution in [1.29, 1.82) is 0 Å². The van der Waals surface area contributed by atoms with Crippen LogP contribution in [0.25, 0.3) is 0 Å². The lowest BCUT2D eigenvalue weighted by Gasteiger charge is -2.31. The second kappa shape index (κ2) is 5.38. The van der Waals surface area contributed by atoms with Gasteiger partial charge in [-0.25, -0.2) is 13.4 Å². The monoisotopic (exact) mass is 301 g/mol. The molecule has 0 bridgehead atoms. The zero-order valence-corrected chi connectivity index (χ0v) is 12.2. The van der Waals surface area contributed by atoms with Gasteiger partial charge in [-0.05, 0) is 24.1 Å². The van der Waals surface area contributed by atoms with Gasteiger partial charge in [-0.15, -0.1) is 0 Å².